The maximum Gasteiger partial charge on any atom is 0.387 e. The molecule has 1 aromatic carbocycles. The molecule has 5 heteroatoms. The molecule has 0 aromatic heterocycles. The molecule has 0 fully saturated rings. The zero-order valence-electron chi connectivity index (χ0n) is 10.1. The number of carbonyl (C=O) groups is 1. The first kappa shape index (κ1) is 14.1. The quantitative estimate of drug-likeness (QED) is 0.810. The van der Waals surface area contributed by atoms with Crippen LogP contribution in [0.1, 0.15) is 25.8 Å². The molecule has 0 saturated heterocycles. The van der Waals surface area contributed by atoms with Gasteiger partial charge >= 0.3 is 6.61 Å². The first-order valence-electron chi connectivity index (χ1n) is 5.33. The minimum absolute atomic E-state index is 0.0249. The molecule has 0 amide bonds. The van der Waals surface area contributed by atoms with E-state index in [4.69, 9.17) is 5.26 Å². The van der Waals surface area contributed by atoms with Gasteiger partial charge in [-0.1, -0.05) is 12.1 Å². The van der Waals surface area contributed by atoms with Gasteiger partial charge in [-0.25, -0.2) is 0 Å². The Balaban J connectivity index is 2.95. The number of halogens is 2. The van der Waals surface area contributed by atoms with Crippen LogP contribution >= 0.6 is 0 Å². The van der Waals surface area contributed by atoms with Crippen molar-refractivity contribution in [1.82, 2.24) is 0 Å². The SMILES string of the molecule is CC(=O)CC(C)(C#N)c1ccc(OC(F)F)cc1. The number of alkyl halides is 2. The number of hydrogen-bond donors (Lipinski definition) is 0. The number of nitriles is 1. The standard InChI is InChI=1S/C13H13F2NO2/c1-9(17)7-13(2,8-16)10-3-5-11(6-4-10)18-12(14)15/h3-6,12H,7H2,1-2H3. The number of carbonyl (C=O) groups excluding carboxylic acids is 1. The number of hydrogen-bond acceptors (Lipinski definition) is 3. The van der Waals surface area contributed by atoms with Gasteiger partial charge in [0, 0.05) is 6.42 Å². The summed E-state index contributed by atoms with van der Waals surface area (Å²) >= 11 is 0. The lowest BCUT2D eigenvalue weighted by atomic mass is 9.80. The predicted molar refractivity (Wildman–Crippen MR) is 61.3 cm³/mol. The zero-order valence-corrected chi connectivity index (χ0v) is 10.1. The molecule has 0 aliphatic heterocycles. The highest BCUT2D eigenvalue weighted by Gasteiger charge is 2.28. The summed E-state index contributed by atoms with van der Waals surface area (Å²) in [6.45, 7) is 0.164. The lowest BCUT2D eigenvalue weighted by Crippen LogP contribution is -2.22. The maximum atomic E-state index is 12.0. The van der Waals surface area contributed by atoms with Gasteiger partial charge in [0.2, 0.25) is 0 Å². The van der Waals surface area contributed by atoms with Gasteiger partial charge in [0.1, 0.15) is 11.5 Å². The summed E-state index contributed by atoms with van der Waals surface area (Å²) in [6.07, 6.45) is 0.0819. The largest absolute Gasteiger partial charge is 0.435 e. The number of benzene rings is 1. The van der Waals surface area contributed by atoms with Gasteiger partial charge in [-0.05, 0) is 31.5 Å². The van der Waals surface area contributed by atoms with E-state index in [-0.39, 0.29) is 18.0 Å². The summed E-state index contributed by atoms with van der Waals surface area (Å²) in [7, 11) is 0. The van der Waals surface area contributed by atoms with Crippen molar-refractivity contribution in [2.45, 2.75) is 32.3 Å². The van der Waals surface area contributed by atoms with Crippen molar-refractivity contribution in [1.29, 1.82) is 5.26 Å². The van der Waals surface area contributed by atoms with E-state index in [9.17, 15) is 13.6 Å². The smallest absolute Gasteiger partial charge is 0.387 e. The van der Waals surface area contributed by atoms with Crippen LogP contribution in [0.3, 0.4) is 0 Å². The van der Waals surface area contributed by atoms with E-state index in [0.717, 1.165) is 0 Å². The fourth-order valence-electron chi connectivity index (χ4n) is 1.71. The Morgan fingerprint density at radius 2 is 2.00 bits per heavy atom. The fraction of sp³-hybridized carbons (Fsp3) is 0.385. The number of rotatable bonds is 5. The molecule has 0 spiro atoms. The molecule has 1 unspecified atom stereocenters. The molecule has 1 rings (SSSR count). The molecule has 1 atom stereocenters. The van der Waals surface area contributed by atoms with Gasteiger partial charge in [-0.2, -0.15) is 14.0 Å². The Labute approximate surface area is 104 Å². The third-order valence-electron chi connectivity index (χ3n) is 2.57. The average molecular weight is 253 g/mol. The first-order valence-corrected chi connectivity index (χ1v) is 5.33. The third kappa shape index (κ3) is 3.52. The summed E-state index contributed by atoms with van der Waals surface area (Å²) in [5, 5.41) is 9.15. The van der Waals surface area contributed by atoms with Crippen molar-refractivity contribution < 1.29 is 18.3 Å². The van der Waals surface area contributed by atoms with Gasteiger partial charge in [0.05, 0.1) is 11.5 Å². The molecule has 18 heavy (non-hydrogen) atoms. The van der Waals surface area contributed by atoms with Crippen molar-refractivity contribution in [2.24, 2.45) is 0 Å². The molecule has 0 bridgehead atoms. The Kier molecular flexibility index (Phi) is 4.38. The minimum atomic E-state index is -2.88. The second-order valence-corrected chi connectivity index (χ2v) is 4.23. The molecule has 0 aliphatic rings. The van der Waals surface area contributed by atoms with Gasteiger partial charge in [-0.15, -0.1) is 0 Å². The average Bonchev–Trinajstić information content (AvgIpc) is 2.28. The Morgan fingerprint density at radius 3 is 2.39 bits per heavy atom. The summed E-state index contributed by atoms with van der Waals surface area (Å²) in [6, 6.07) is 7.83. The van der Waals surface area contributed by atoms with E-state index >= 15 is 0 Å². The summed E-state index contributed by atoms with van der Waals surface area (Å²) in [4.78, 5) is 11.1. The number of Topliss-reactive ketones (excluding diaryl/α,β-unsaturated/α-hetero) is 1. The van der Waals surface area contributed by atoms with Crippen LogP contribution in [0.15, 0.2) is 24.3 Å². The van der Waals surface area contributed by atoms with Crippen LogP contribution in [-0.4, -0.2) is 12.4 Å². The van der Waals surface area contributed by atoms with Gasteiger partial charge in [0.15, 0.2) is 0 Å². The van der Waals surface area contributed by atoms with E-state index in [1.807, 2.05) is 0 Å². The van der Waals surface area contributed by atoms with E-state index in [2.05, 4.69) is 10.8 Å². The van der Waals surface area contributed by atoms with Crippen LogP contribution in [0, 0.1) is 11.3 Å². The molecule has 0 saturated carbocycles. The van der Waals surface area contributed by atoms with Crippen molar-refractivity contribution in [3.63, 3.8) is 0 Å². The van der Waals surface area contributed by atoms with Crippen LogP contribution in [0.2, 0.25) is 0 Å². The second kappa shape index (κ2) is 5.58. The van der Waals surface area contributed by atoms with Gasteiger partial charge in [0.25, 0.3) is 0 Å². The highest BCUT2D eigenvalue weighted by Crippen LogP contribution is 2.29. The minimum Gasteiger partial charge on any atom is -0.435 e. The number of ether oxygens (including phenoxy) is 1. The second-order valence-electron chi connectivity index (χ2n) is 4.23. The van der Waals surface area contributed by atoms with E-state index in [1.54, 1.807) is 6.92 Å². The van der Waals surface area contributed by atoms with Crippen molar-refractivity contribution in [3.8, 4) is 11.8 Å². The zero-order chi connectivity index (χ0) is 13.8. The van der Waals surface area contributed by atoms with Crippen LogP contribution in [-0.2, 0) is 10.2 Å². The molecule has 1 aromatic rings. The van der Waals surface area contributed by atoms with Crippen LogP contribution < -0.4 is 4.74 Å². The monoisotopic (exact) mass is 253 g/mol. The lowest BCUT2D eigenvalue weighted by molar-refractivity contribution is -0.117. The molecule has 96 valence electrons. The molecule has 0 heterocycles. The third-order valence-corrected chi connectivity index (χ3v) is 2.57. The van der Waals surface area contributed by atoms with Crippen molar-refractivity contribution >= 4 is 5.78 Å². The molecular weight excluding hydrogens is 240 g/mol. The molecular formula is C13H13F2NO2. The summed E-state index contributed by atoms with van der Waals surface area (Å²) < 4.78 is 28.2. The summed E-state index contributed by atoms with van der Waals surface area (Å²) in [5.74, 6) is -0.0798. The maximum absolute atomic E-state index is 12.0. The van der Waals surface area contributed by atoms with Crippen LogP contribution in [0.4, 0.5) is 8.78 Å². The fourth-order valence-corrected chi connectivity index (χ4v) is 1.71. The van der Waals surface area contributed by atoms with Gasteiger partial charge in [-0.3, -0.25) is 4.79 Å². The van der Waals surface area contributed by atoms with E-state index < -0.39 is 12.0 Å². The molecule has 0 aliphatic carbocycles. The van der Waals surface area contributed by atoms with Crippen molar-refractivity contribution in [2.75, 3.05) is 0 Å². The Morgan fingerprint density at radius 1 is 1.44 bits per heavy atom. The Bertz CT molecular complexity index is 465. The van der Waals surface area contributed by atoms with Crippen LogP contribution in [0.25, 0.3) is 0 Å². The first-order chi connectivity index (χ1) is 8.37. The molecule has 3 nitrogen and oxygen atoms in total. The van der Waals surface area contributed by atoms with E-state index in [0.29, 0.717) is 5.56 Å². The Hall–Kier alpha value is -1.96. The highest BCUT2D eigenvalue weighted by atomic mass is 19.3. The van der Waals surface area contributed by atoms with Crippen LogP contribution in [0.5, 0.6) is 5.75 Å². The molecule has 0 radical (unpaired) electrons. The van der Waals surface area contributed by atoms with E-state index in [1.165, 1.54) is 31.2 Å². The predicted octanol–water partition coefficient (Wildman–Crippen LogP) is 3.05. The number of nitrogens with zero attached hydrogens (tertiary/aromatic N) is 1. The normalized spacial score (nSPS) is 13.8. The highest BCUT2D eigenvalue weighted by molar-refractivity contribution is 5.77. The topological polar surface area (TPSA) is 50.1 Å². The number of ketones is 1. The molecule has 0 N–H and O–H groups in total. The van der Waals surface area contributed by atoms with Gasteiger partial charge < -0.3 is 4.74 Å². The van der Waals surface area contributed by atoms with Crippen molar-refractivity contribution in [3.05, 3.63) is 29.8 Å². The summed E-state index contributed by atoms with van der Waals surface area (Å²) in [5.41, 5.74) is -0.350. The lowest BCUT2D eigenvalue weighted by Gasteiger charge is -2.20.